The fourth-order valence-corrected chi connectivity index (χ4v) is 6.09. The molecule has 53 heavy (non-hydrogen) atoms. The lowest BCUT2D eigenvalue weighted by Crippen LogP contribution is -2.29. The molecule has 2 atom stereocenters. The maximum Gasteiger partial charge on any atom is 0.472 e. The molecule has 3 N–H and O–H groups in total. The third kappa shape index (κ3) is 39.2. The van der Waals surface area contributed by atoms with Crippen LogP contribution in [0, 0.1) is 0 Å². The first-order valence-corrected chi connectivity index (χ1v) is 22.3. The van der Waals surface area contributed by atoms with E-state index in [4.69, 9.17) is 24.3 Å². The summed E-state index contributed by atoms with van der Waals surface area (Å²) in [5.41, 5.74) is 5.34. The van der Waals surface area contributed by atoms with Crippen LogP contribution in [0.15, 0.2) is 60.8 Å². The van der Waals surface area contributed by atoms with Gasteiger partial charge in [-0.15, -0.1) is 0 Å². The van der Waals surface area contributed by atoms with Gasteiger partial charge in [0.1, 0.15) is 6.61 Å². The summed E-state index contributed by atoms with van der Waals surface area (Å²) in [5.74, 6) is -0.862. The first-order chi connectivity index (χ1) is 25.8. The minimum absolute atomic E-state index is 0.0465. The second kappa shape index (κ2) is 39.4. The molecule has 10 heteroatoms. The first-order valence-electron chi connectivity index (χ1n) is 20.8. The Balaban J connectivity index is 4.22. The second-order valence-electron chi connectivity index (χ2n) is 13.5. The van der Waals surface area contributed by atoms with E-state index in [-0.39, 0.29) is 32.6 Å². The van der Waals surface area contributed by atoms with Gasteiger partial charge in [-0.1, -0.05) is 139 Å². The van der Waals surface area contributed by atoms with Crippen molar-refractivity contribution in [1.29, 1.82) is 0 Å². The highest BCUT2D eigenvalue weighted by Crippen LogP contribution is 2.43. The van der Waals surface area contributed by atoms with E-state index in [9.17, 15) is 19.0 Å². The van der Waals surface area contributed by atoms with Crippen molar-refractivity contribution >= 4 is 19.8 Å². The van der Waals surface area contributed by atoms with Crippen LogP contribution in [0.2, 0.25) is 0 Å². The molecule has 0 aromatic rings. The molecule has 306 valence electrons. The molecule has 0 rings (SSSR count). The van der Waals surface area contributed by atoms with Gasteiger partial charge in [0.15, 0.2) is 6.10 Å². The van der Waals surface area contributed by atoms with Gasteiger partial charge in [0.2, 0.25) is 0 Å². The van der Waals surface area contributed by atoms with Crippen LogP contribution in [-0.4, -0.2) is 49.3 Å². The van der Waals surface area contributed by atoms with Crippen molar-refractivity contribution < 1.29 is 37.6 Å². The van der Waals surface area contributed by atoms with Crippen molar-refractivity contribution in [1.82, 2.24) is 0 Å². The first kappa shape index (κ1) is 50.7. The number of carbonyl (C=O) groups excluding carboxylic acids is 2. The molecule has 0 fully saturated rings. The van der Waals surface area contributed by atoms with E-state index in [1.165, 1.54) is 44.9 Å². The van der Waals surface area contributed by atoms with Crippen LogP contribution in [0.5, 0.6) is 0 Å². The van der Waals surface area contributed by atoms with Crippen LogP contribution in [0.3, 0.4) is 0 Å². The predicted octanol–water partition coefficient (Wildman–Crippen LogP) is 11.7. The zero-order valence-electron chi connectivity index (χ0n) is 33.5. The molecule has 0 aromatic heterocycles. The summed E-state index contributed by atoms with van der Waals surface area (Å²) in [6.07, 6.45) is 45.3. The number of esters is 2. The lowest BCUT2D eigenvalue weighted by molar-refractivity contribution is -0.161. The van der Waals surface area contributed by atoms with Crippen LogP contribution < -0.4 is 5.73 Å². The summed E-state index contributed by atoms with van der Waals surface area (Å²) in [6, 6.07) is 0. The van der Waals surface area contributed by atoms with Crippen LogP contribution in [0.1, 0.15) is 168 Å². The average molecular weight is 766 g/mol. The van der Waals surface area contributed by atoms with Crippen molar-refractivity contribution in [3.05, 3.63) is 60.8 Å². The number of unbranched alkanes of at least 4 members (excludes halogenated alkanes) is 15. The lowest BCUT2D eigenvalue weighted by Gasteiger charge is -2.19. The molecule has 0 aromatic carbocycles. The highest BCUT2D eigenvalue weighted by molar-refractivity contribution is 7.47. The van der Waals surface area contributed by atoms with Crippen molar-refractivity contribution in [2.24, 2.45) is 5.73 Å². The number of phosphoric ester groups is 1. The number of phosphoric acid groups is 1. The summed E-state index contributed by atoms with van der Waals surface area (Å²) in [7, 11) is -4.38. The molecule has 0 heterocycles. The Hall–Kier alpha value is -2.29. The van der Waals surface area contributed by atoms with Crippen molar-refractivity contribution in [3.8, 4) is 0 Å². The molecule has 0 saturated carbocycles. The summed E-state index contributed by atoms with van der Waals surface area (Å²) >= 11 is 0. The minimum Gasteiger partial charge on any atom is -0.462 e. The van der Waals surface area contributed by atoms with Gasteiger partial charge in [-0.2, -0.15) is 0 Å². The Morgan fingerprint density at radius 2 is 1.04 bits per heavy atom. The SMILES string of the molecule is CC/C=C\C/C=C\C/C=C\CCCCCCCC(=O)OC(COC(=O)CCCCCCCCC/C=C\C/C=C\CCCCC)COP(=O)(O)OCCN. The number of nitrogens with two attached hydrogens (primary N) is 1. The van der Waals surface area contributed by atoms with E-state index in [2.05, 4.69) is 74.6 Å². The standard InChI is InChI=1S/C43H76NO8P/c1-3-5-7-9-11-13-15-17-19-20-22-23-25-27-29-31-33-35-42(45)49-39-41(40-51-53(47,48)50-38-37-44)52-43(46)36-34-32-30-28-26-24-21-18-16-14-12-10-8-6-4-2/h6,8,11-14,17-19,21,41H,3-5,7,9-10,15-16,20,22-40,44H2,1-2H3,(H,47,48)/b8-6-,13-11-,14-12-,19-17-,21-18-. The normalized spacial score (nSPS) is 14.0. The van der Waals surface area contributed by atoms with Gasteiger partial charge in [0, 0.05) is 19.4 Å². The Labute approximate surface area is 323 Å². The van der Waals surface area contributed by atoms with Gasteiger partial charge in [0.25, 0.3) is 0 Å². The molecule has 0 aliphatic rings. The van der Waals surface area contributed by atoms with E-state index >= 15 is 0 Å². The summed E-state index contributed by atoms with van der Waals surface area (Å²) in [6.45, 7) is 3.55. The van der Waals surface area contributed by atoms with Crippen LogP contribution in [0.25, 0.3) is 0 Å². The number of carbonyl (C=O) groups is 2. The molecular weight excluding hydrogens is 689 g/mol. The molecule has 2 unspecified atom stereocenters. The largest absolute Gasteiger partial charge is 0.472 e. The van der Waals surface area contributed by atoms with Gasteiger partial charge in [-0.25, -0.2) is 4.57 Å². The molecule has 0 amide bonds. The molecule has 0 radical (unpaired) electrons. The summed E-state index contributed by atoms with van der Waals surface area (Å²) in [4.78, 5) is 34.8. The number of ether oxygens (including phenoxy) is 2. The molecule has 0 saturated heterocycles. The monoisotopic (exact) mass is 766 g/mol. The van der Waals surface area contributed by atoms with E-state index in [0.717, 1.165) is 89.9 Å². The van der Waals surface area contributed by atoms with Crippen molar-refractivity contribution in [2.45, 2.75) is 174 Å². The molecule has 0 aliphatic heterocycles. The number of hydrogen-bond donors (Lipinski definition) is 2. The molecule has 0 bridgehead atoms. The molecular formula is C43H76NO8P. The molecule has 0 spiro atoms. The molecule has 0 aliphatic carbocycles. The van der Waals surface area contributed by atoms with Gasteiger partial charge in [-0.3, -0.25) is 18.6 Å². The Bertz CT molecular complexity index is 1050. The maximum atomic E-state index is 12.6. The van der Waals surface area contributed by atoms with Gasteiger partial charge >= 0.3 is 19.8 Å². The minimum atomic E-state index is -4.38. The lowest BCUT2D eigenvalue weighted by atomic mass is 10.1. The van der Waals surface area contributed by atoms with Gasteiger partial charge < -0.3 is 20.1 Å². The number of allylic oxidation sites excluding steroid dienone is 10. The number of hydrogen-bond acceptors (Lipinski definition) is 8. The third-order valence-corrected chi connectivity index (χ3v) is 9.37. The summed E-state index contributed by atoms with van der Waals surface area (Å²) < 4.78 is 32.7. The van der Waals surface area contributed by atoms with E-state index < -0.39 is 32.5 Å². The van der Waals surface area contributed by atoms with Crippen LogP contribution in [0.4, 0.5) is 0 Å². The zero-order valence-corrected chi connectivity index (χ0v) is 34.4. The van der Waals surface area contributed by atoms with E-state index in [1.54, 1.807) is 0 Å². The zero-order chi connectivity index (χ0) is 38.9. The van der Waals surface area contributed by atoms with Gasteiger partial charge in [-0.05, 0) is 77.0 Å². The second-order valence-corrected chi connectivity index (χ2v) is 14.9. The maximum absolute atomic E-state index is 12.6. The fourth-order valence-electron chi connectivity index (χ4n) is 5.32. The third-order valence-electron chi connectivity index (χ3n) is 8.39. The van der Waals surface area contributed by atoms with Crippen LogP contribution in [-0.2, 0) is 32.7 Å². The van der Waals surface area contributed by atoms with Crippen molar-refractivity contribution in [2.75, 3.05) is 26.4 Å². The summed E-state index contributed by atoms with van der Waals surface area (Å²) in [5, 5.41) is 0. The van der Waals surface area contributed by atoms with E-state index in [1.807, 2.05) is 0 Å². The van der Waals surface area contributed by atoms with Gasteiger partial charge in [0.05, 0.1) is 13.2 Å². The fraction of sp³-hybridized carbons (Fsp3) is 0.721. The van der Waals surface area contributed by atoms with Crippen molar-refractivity contribution in [3.63, 3.8) is 0 Å². The number of rotatable bonds is 38. The van der Waals surface area contributed by atoms with E-state index in [0.29, 0.717) is 6.42 Å². The molecule has 9 nitrogen and oxygen atoms in total. The average Bonchev–Trinajstić information content (AvgIpc) is 3.14. The topological polar surface area (TPSA) is 134 Å². The highest BCUT2D eigenvalue weighted by atomic mass is 31.2. The Morgan fingerprint density at radius 3 is 1.55 bits per heavy atom. The Kier molecular flexibility index (Phi) is 37.7. The highest BCUT2D eigenvalue weighted by Gasteiger charge is 2.25. The Morgan fingerprint density at radius 1 is 0.585 bits per heavy atom. The predicted molar refractivity (Wildman–Crippen MR) is 219 cm³/mol. The quantitative estimate of drug-likeness (QED) is 0.0272. The van der Waals surface area contributed by atoms with Crippen LogP contribution >= 0.6 is 7.82 Å². The smallest absolute Gasteiger partial charge is 0.462 e.